The van der Waals surface area contributed by atoms with E-state index >= 15 is 0 Å². The molecule has 0 aliphatic carbocycles. The Kier molecular flexibility index (Phi) is 5.35. The lowest BCUT2D eigenvalue weighted by Crippen LogP contribution is -2.37. The monoisotopic (exact) mass is 291 g/mol. The Hall–Kier alpha value is -2.04. The van der Waals surface area contributed by atoms with Gasteiger partial charge in [0.1, 0.15) is 5.84 Å². The highest BCUT2D eigenvalue weighted by molar-refractivity contribution is 5.94. The van der Waals surface area contributed by atoms with Crippen molar-refractivity contribution in [2.75, 3.05) is 7.05 Å². The summed E-state index contributed by atoms with van der Waals surface area (Å²) in [4.78, 5) is 14.0. The zero-order chi connectivity index (χ0) is 16.2. The van der Waals surface area contributed by atoms with Gasteiger partial charge in [0.15, 0.2) is 0 Å². The van der Waals surface area contributed by atoms with Crippen LogP contribution >= 0.6 is 0 Å². The lowest BCUT2D eigenvalue weighted by Gasteiger charge is -2.25. The first kappa shape index (κ1) is 17.0. The summed E-state index contributed by atoms with van der Waals surface area (Å²) in [6.45, 7) is 8.26. The minimum Gasteiger partial charge on any atom is -0.409 e. The topological polar surface area (TPSA) is 78.9 Å². The Balaban J connectivity index is 2.83. The number of nitrogens with two attached hydrogens (primary N) is 1. The molecule has 0 saturated heterocycles. The summed E-state index contributed by atoms with van der Waals surface area (Å²) in [5, 5.41) is 11.5. The van der Waals surface area contributed by atoms with Crippen molar-refractivity contribution in [2.24, 2.45) is 10.9 Å². The van der Waals surface area contributed by atoms with E-state index < -0.39 is 0 Å². The van der Waals surface area contributed by atoms with E-state index in [0.29, 0.717) is 12.0 Å². The smallest absolute Gasteiger partial charge is 0.253 e. The number of oxime groups is 1. The van der Waals surface area contributed by atoms with Gasteiger partial charge in [-0.05, 0) is 30.0 Å². The number of nitrogens with zero attached hydrogens (tertiary/aromatic N) is 2. The molecular formula is C16H25N3O2. The van der Waals surface area contributed by atoms with Gasteiger partial charge in [-0.2, -0.15) is 0 Å². The van der Waals surface area contributed by atoms with E-state index in [1.807, 2.05) is 31.2 Å². The highest BCUT2D eigenvalue weighted by Gasteiger charge is 2.20. The fourth-order valence-electron chi connectivity index (χ4n) is 2.00. The fourth-order valence-corrected chi connectivity index (χ4v) is 2.00. The van der Waals surface area contributed by atoms with Gasteiger partial charge in [0.2, 0.25) is 0 Å². The first-order chi connectivity index (χ1) is 9.66. The van der Waals surface area contributed by atoms with Gasteiger partial charge in [0.25, 0.3) is 5.91 Å². The number of benzene rings is 1. The van der Waals surface area contributed by atoms with Crippen LogP contribution < -0.4 is 5.73 Å². The lowest BCUT2D eigenvalue weighted by molar-refractivity contribution is 0.0747. The molecule has 0 bridgehead atoms. The van der Waals surface area contributed by atoms with Crippen molar-refractivity contribution in [3.63, 3.8) is 0 Å². The van der Waals surface area contributed by atoms with Gasteiger partial charge in [-0.1, -0.05) is 38.1 Å². The van der Waals surface area contributed by atoms with Crippen molar-refractivity contribution in [2.45, 2.75) is 45.6 Å². The fraction of sp³-hybridized carbons (Fsp3) is 0.500. The Bertz CT molecular complexity index is 515. The van der Waals surface area contributed by atoms with E-state index in [0.717, 1.165) is 0 Å². The molecule has 21 heavy (non-hydrogen) atoms. The molecule has 0 fully saturated rings. The second-order valence-corrected chi connectivity index (χ2v) is 6.39. The van der Waals surface area contributed by atoms with Gasteiger partial charge < -0.3 is 15.8 Å². The van der Waals surface area contributed by atoms with Gasteiger partial charge in [-0.3, -0.25) is 4.79 Å². The molecule has 116 valence electrons. The summed E-state index contributed by atoms with van der Waals surface area (Å²) in [7, 11) is 1.72. The van der Waals surface area contributed by atoms with E-state index in [1.54, 1.807) is 11.9 Å². The number of hydrogen-bond acceptors (Lipinski definition) is 3. The van der Waals surface area contributed by atoms with Crippen LogP contribution in [0.4, 0.5) is 0 Å². The second kappa shape index (κ2) is 6.61. The van der Waals surface area contributed by atoms with Crippen molar-refractivity contribution < 1.29 is 10.0 Å². The third kappa shape index (κ3) is 4.48. The number of amidine groups is 1. The number of amides is 1. The van der Waals surface area contributed by atoms with Crippen LogP contribution in [0, 0.1) is 0 Å². The third-order valence-corrected chi connectivity index (χ3v) is 3.61. The molecule has 5 heteroatoms. The van der Waals surface area contributed by atoms with Crippen LogP contribution in [0.2, 0.25) is 0 Å². The molecule has 1 unspecified atom stereocenters. The molecule has 0 radical (unpaired) electrons. The van der Waals surface area contributed by atoms with E-state index in [-0.39, 0.29) is 23.2 Å². The van der Waals surface area contributed by atoms with E-state index in [1.165, 1.54) is 5.56 Å². The molecule has 0 aromatic heterocycles. The summed E-state index contributed by atoms with van der Waals surface area (Å²) in [5.41, 5.74) is 7.37. The largest absolute Gasteiger partial charge is 0.409 e. The van der Waals surface area contributed by atoms with Gasteiger partial charge in [-0.15, -0.1) is 0 Å². The highest BCUT2D eigenvalue weighted by atomic mass is 16.4. The normalized spacial score (nSPS) is 13.9. The molecule has 1 rings (SSSR count). The van der Waals surface area contributed by atoms with Gasteiger partial charge in [0, 0.05) is 25.1 Å². The Morgan fingerprint density at radius 1 is 1.33 bits per heavy atom. The van der Waals surface area contributed by atoms with Crippen molar-refractivity contribution in [3.8, 4) is 0 Å². The molecule has 0 aliphatic rings. The van der Waals surface area contributed by atoms with Crippen molar-refractivity contribution in [1.82, 2.24) is 4.90 Å². The summed E-state index contributed by atoms with van der Waals surface area (Å²) in [5.74, 6) is 0.0407. The maximum Gasteiger partial charge on any atom is 0.253 e. The number of carbonyl (C=O) groups is 1. The van der Waals surface area contributed by atoms with Gasteiger partial charge in [-0.25, -0.2) is 0 Å². The Morgan fingerprint density at radius 3 is 2.29 bits per heavy atom. The predicted molar refractivity (Wildman–Crippen MR) is 84.7 cm³/mol. The third-order valence-electron chi connectivity index (χ3n) is 3.61. The molecule has 0 saturated carbocycles. The standard InChI is InChI=1S/C16H25N3O2/c1-11(10-14(17)18-21)19(5)15(20)12-6-8-13(9-7-12)16(2,3)4/h6-9,11,21H,10H2,1-5H3,(H2,17,18). The quantitative estimate of drug-likeness (QED) is 0.387. The molecule has 1 aromatic rings. The average molecular weight is 291 g/mol. The molecule has 0 heterocycles. The molecule has 1 amide bonds. The number of carbonyl (C=O) groups excluding carboxylic acids is 1. The summed E-state index contributed by atoms with van der Waals surface area (Å²) in [6, 6.07) is 7.51. The van der Waals surface area contributed by atoms with Crippen LogP contribution in [-0.2, 0) is 5.41 Å². The number of hydrogen-bond donors (Lipinski definition) is 2. The van der Waals surface area contributed by atoms with Gasteiger partial charge >= 0.3 is 0 Å². The van der Waals surface area contributed by atoms with Crippen LogP contribution in [0.5, 0.6) is 0 Å². The van der Waals surface area contributed by atoms with Crippen LogP contribution in [0.25, 0.3) is 0 Å². The summed E-state index contributed by atoms with van der Waals surface area (Å²) < 4.78 is 0. The van der Waals surface area contributed by atoms with E-state index in [9.17, 15) is 4.79 Å². The summed E-state index contributed by atoms with van der Waals surface area (Å²) in [6.07, 6.45) is 0.332. The lowest BCUT2D eigenvalue weighted by atomic mass is 9.86. The first-order valence-electron chi connectivity index (χ1n) is 7.01. The van der Waals surface area contributed by atoms with Crippen molar-refractivity contribution in [1.29, 1.82) is 0 Å². The Labute approximate surface area is 126 Å². The molecule has 5 nitrogen and oxygen atoms in total. The van der Waals surface area contributed by atoms with Crippen LogP contribution in [-0.4, -0.2) is 34.9 Å². The predicted octanol–water partition coefficient (Wildman–Crippen LogP) is 2.58. The maximum atomic E-state index is 12.4. The van der Waals surface area contributed by atoms with E-state index in [4.69, 9.17) is 10.9 Å². The minimum absolute atomic E-state index is 0.0623. The molecule has 1 atom stereocenters. The van der Waals surface area contributed by atoms with Crippen LogP contribution in [0.1, 0.15) is 50.0 Å². The zero-order valence-electron chi connectivity index (χ0n) is 13.4. The van der Waals surface area contributed by atoms with Gasteiger partial charge in [0.05, 0.1) is 0 Å². The molecule has 0 spiro atoms. The molecular weight excluding hydrogens is 266 g/mol. The molecule has 1 aromatic carbocycles. The maximum absolute atomic E-state index is 12.4. The molecule has 3 N–H and O–H groups in total. The first-order valence-corrected chi connectivity index (χ1v) is 7.01. The second-order valence-electron chi connectivity index (χ2n) is 6.39. The minimum atomic E-state index is -0.143. The summed E-state index contributed by atoms with van der Waals surface area (Å²) >= 11 is 0. The average Bonchev–Trinajstić information content (AvgIpc) is 2.44. The van der Waals surface area contributed by atoms with Crippen molar-refractivity contribution in [3.05, 3.63) is 35.4 Å². The number of rotatable bonds is 4. The zero-order valence-corrected chi connectivity index (χ0v) is 13.4. The SMILES string of the molecule is CC(CC(N)=NO)N(C)C(=O)c1ccc(C(C)(C)C)cc1. The molecule has 0 aliphatic heterocycles. The van der Waals surface area contributed by atoms with E-state index in [2.05, 4.69) is 25.9 Å². The Morgan fingerprint density at radius 2 is 1.86 bits per heavy atom. The highest BCUT2D eigenvalue weighted by Crippen LogP contribution is 2.22. The van der Waals surface area contributed by atoms with Crippen LogP contribution in [0.15, 0.2) is 29.4 Å². The van der Waals surface area contributed by atoms with Crippen LogP contribution in [0.3, 0.4) is 0 Å². The van der Waals surface area contributed by atoms with Crippen molar-refractivity contribution >= 4 is 11.7 Å².